The van der Waals surface area contributed by atoms with Crippen molar-refractivity contribution in [2.45, 2.75) is 19.8 Å². The lowest BCUT2D eigenvalue weighted by Gasteiger charge is -2.21. The summed E-state index contributed by atoms with van der Waals surface area (Å²) in [7, 11) is -3.16. The first-order chi connectivity index (χ1) is 9.54. The van der Waals surface area contributed by atoms with Gasteiger partial charge in [0.1, 0.15) is 0 Å². The van der Waals surface area contributed by atoms with E-state index < -0.39 is 10.0 Å². The quantitative estimate of drug-likeness (QED) is 0.848. The van der Waals surface area contributed by atoms with Gasteiger partial charge in [0.2, 0.25) is 10.0 Å². The highest BCUT2D eigenvalue weighted by atomic mass is 32.2. The van der Waals surface area contributed by atoms with Crippen molar-refractivity contribution in [2.75, 3.05) is 31.9 Å². The largest absolute Gasteiger partial charge is 0.337 e. The van der Waals surface area contributed by atoms with Gasteiger partial charge in [-0.05, 0) is 24.3 Å². The molecule has 0 spiro atoms. The lowest BCUT2D eigenvalue weighted by molar-refractivity contribution is 0.0769. The molecular formula is C13H20N2O3S2. The molecule has 0 N–H and O–H groups in total. The lowest BCUT2D eigenvalue weighted by atomic mass is 10.3. The highest BCUT2D eigenvalue weighted by Crippen LogP contribution is 2.15. The normalized spacial score (nSPS) is 17.9. The van der Waals surface area contributed by atoms with Crippen molar-refractivity contribution in [1.29, 1.82) is 0 Å². The summed E-state index contributed by atoms with van der Waals surface area (Å²) in [6.07, 6.45) is 1.32. The third-order valence-corrected chi connectivity index (χ3v) is 6.26. The standard InChI is InChI=1S/C13H20N2O3S2/c1-2-11-20(17,18)15-7-4-6-14(8-9-15)13(16)12-5-3-10-19-12/h3,5,10H,2,4,6-9,11H2,1H3. The van der Waals surface area contributed by atoms with Crippen LogP contribution >= 0.6 is 11.3 Å². The zero-order valence-electron chi connectivity index (χ0n) is 11.6. The molecule has 2 heterocycles. The third kappa shape index (κ3) is 3.59. The number of amides is 1. The molecule has 0 aromatic carbocycles. The highest BCUT2D eigenvalue weighted by Gasteiger charge is 2.26. The van der Waals surface area contributed by atoms with E-state index in [4.69, 9.17) is 0 Å². The SMILES string of the molecule is CCCS(=O)(=O)N1CCCN(C(=O)c2cccs2)CC1. The average Bonchev–Trinajstić information content (AvgIpc) is 2.81. The van der Waals surface area contributed by atoms with Crippen LogP contribution in [-0.2, 0) is 10.0 Å². The molecular weight excluding hydrogens is 296 g/mol. The summed E-state index contributed by atoms with van der Waals surface area (Å²) < 4.78 is 25.7. The smallest absolute Gasteiger partial charge is 0.263 e. The van der Waals surface area contributed by atoms with Crippen LogP contribution in [-0.4, -0.2) is 55.5 Å². The second-order valence-electron chi connectivity index (χ2n) is 4.84. The molecule has 1 aromatic heterocycles. The Kier molecular flexibility index (Phi) is 5.17. The van der Waals surface area contributed by atoms with Crippen LogP contribution in [0.5, 0.6) is 0 Å². The number of carbonyl (C=O) groups is 1. The molecule has 0 saturated carbocycles. The molecule has 1 amide bonds. The van der Waals surface area contributed by atoms with E-state index >= 15 is 0 Å². The molecule has 20 heavy (non-hydrogen) atoms. The van der Waals surface area contributed by atoms with E-state index in [9.17, 15) is 13.2 Å². The predicted octanol–water partition coefficient (Wildman–Crippen LogP) is 1.64. The van der Waals surface area contributed by atoms with Crippen LogP contribution in [0, 0.1) is 0 Å². The van der Waals surface area contributed by atoms with Gasteiger partial charge in [-0.1, -0.05) is 13.0 Å². The molecule has 1 aliphatic rings. The minimum Gasteiger partial charge on any atom is -0.337 e. The second kappa shape index (κ2) is 6.69. The van der Waals surface area contributed by atoms with Crippen LogP contribution in [0.25, 0.3) is 0 Å². The zero-order valence-corrected chi connectivity index (χ0v) is 13.3. The molecule has 1 aliphatic heterocycles. The maximum atomic E-state index is 12.3. The van der Waals surface area contributed by atoms with Crippen molar-refractivity contribution in [1.82, 2.24) is 9.21 Å². The number of carbonyl (C=O) groups excluding carboxylic acids is 1. The first-order valence-corrected chi connectivity index (χ1v) is 9.34. The van der Waals surface area contributed by atoms with Gasteiger partial charge in [0.25, 0.3) is 5.91 Å². The number of hydrogen-bond donors (Lipinski definition) is 0. The lowest BCUT2D eigenvalue weighted by Crippen LogP contribution is -2.38. The summed E-state index contributed by atoms with van der Waals surface area (Å²) in [6, 6.07) is 3.66. The molecule has 1 aromatic rings. The number of sulfonamides is 1. The molecule has 0 unspecified atom stereocenters. The molecule has 0 radical (unpaired) electrons. The van der Waals surface area contributed by atoms with E-state index in [-0.39, 0.29) is 11.7 Å². The van der Waals surface area contributed by atoms with Gasteiger partial charge >= 0.3 is 0 Å². The first kappa shape index (κ1) is 15.5. The second-order valence-corrected chi connectivity index (χ2v) is 7.87. The van der Waals surface area contributed by atoms with Crippen LogP contribution in [0.3, 0.4) is 0 Å². The molecule has 1 saturated heterocycles. The topological polar surface area (TPSA) is 57.7 Å². The summed E-state index contributed by atoms with van der Waals surface area (Å²) in [4.78, 5) is 14.7. The number of thiophene rings is 1. The van der Waals surface area contributed by atoms with Gasteiger partial charge in [0.15, 0.2) is 0 Å². The molecule has 1 fully saturated rings. The molecule has 5 nitrogen and oxygen atoms in total. The van der Waals surface area contributed by atoms with Crippen LogP contribution < -0.4 is 0 Å². The number of nitrogens with zero attached hydrogens (tertiary/aromatic N) is 2. The molecule has 0 atom stereocenters. The maximum absolute atomic E-state index is 12.3. The first-order valence-electron chi connectivity index (χ1n) is 6.85. The zero-order chi connectivity index (χ0) is 14.6. The van der Waals surface area contributed by atoms with Crippen LogP contribution in [0.1, 0.15) is 29.4 Å². The predicted molar refractivity (Wildman–Crippen MR) is 80.5 cm³/mol. The summed E-state index contributed by atoms with van der Waals surface area (Å²) in [5, 5.41) is 1.88. The Morgan fingerprint density at radius 2 is 2.10 bits per heavy atom. The van der Waals surface area contributed by atoms with E-state index in [0.29, 0.717) is 39.0 Å². The average molecular weight is 316 g/mol. The number of hydrogen-bond acceptors (Lipinski definition) is 4. The van der Waals surface area contributed by atoms with Crippen molar-refractivity contribution < 1.29 is 13.2 Å². The van der Waals surface area contributed by atoms with E-state index in [1.54, 1.807) is 4.90 Å². The minimum atomic E-state index is -3.16. The molecule has 0 bridgehead atoms. The van der Waals surface area contributed by atoms with Crippen molar-refractivity contribution in [3.63, 3.8) is 0 Å². The minimum absolute atomic E-state index is 0.00902. The van der Waals surface area contributed by atoms with Gasteiger partial charge in [0.05, 0.1) is 10.6 Å². The van der Waals surface area contributed by atoms with E-state index in [1.165, 1.54) is 15.6 Å². The van der Waals surface area contributed by atoms with Crippen LogP contribution in [0.2, 0.25) is 0 Å². The Hall–Kier alpha value is -0.920. The Labute approximate surface area is 124 Å². The molecule has 7 heteroatoms. The Morgan fingerprint density at radius 3 is 2.75 bits per heavy atom. The Bertz CT molecular complexity index is 540. The van der Waals surface area contributed by atoms with Gasteiger partial charge in [-0.3, -0.25) is 4.79 Å². The van der Waals surface area contributed by atoms with Crippen molar-refractivity contribution in [3.05, 3.63) is 22.4 Å². The molecule has 0 aliphatic carbocycles. The summed E-state index contributed by atoms with van der Waals surface area (Å²) in [6.45, 7) is 3.87. The van der Waals surface area contributed by atoms with Gasteiger partial charge in [-0.2, -0.15) is 0 Å². The number of rotatable bonds is 4. The highest BCUT2D eigenvalue weighted by molar-refractivity contribution is 7.89. The van der Waals surface area contributed by atoms with E-state index in [1.807, 2.05) is 24.4 Å². The molecule has 112 valence electrons. The fraction of sp³-hybridized carbons (Fsp3) is 0.615. The van der Waals surface area contributed by atoms with Gasteiger partial charge in [0, 0.05) is 26.2 Å². The summed E-state index contributed by atoms with van der Waals surface area (Å²) in [5.41, 5.74) is 0. The third-order valence-electron chi connectivity index (χ3n) is 3.33. The van der Waals surface area contributed by atoms with E-state index in [2.05, 4.69) is 0 Å². The van der Waals surface area contributed by atoms with Crippen molar-refractivity contribution in [2.24, 2.45) is 0 Å². The van der Waals surface area contributed by atoms with Gasteiger partial charge in [-0.15, -0.1) is 11.3 Å². The fourth-order valence-electron chi connectivity index (χ4n) is 2.32. The van der Waals surface area contributed by atoms with Crippen LogP contribution in [0.4, 0.5) is 0 Å². The summed E-state index contributed by atoms with van der Waals surface area (Å²) >= 11 is 1.42. The monoisotopic (exact) mass is 316 g/mol. The van der Waals surface area contributed by atoms with E-state index in [0.717, 1.165) is 4.88 Å². The summed E-state index contributed by atoms with van der Waals surface area (Å²) in [5.74, 6) is 0.195. The van der Waals surface area contributed by atoms with Crippen LogP contribution in [0.15, 0.2) is 17.5 Å². The van der Waals surface area contributed by atoms with Gasteiger partial charge < -0.3 is 4.90 Å². The van der Waals surface area contributed by atoms with Crippen molar-refractivity contribution >= 4 is 27.3 Å². The van der Waals surface area contributed by atoms with Gasteiger partial charge in [-0.25, -0.2) is 12.7 Å². The fourth-order valence-corrected chi connectivity index (χ4v) is 4.55. The Balaban J connectivity index is 2.01. The maximum Gasteiger partial charge on any atom is 0.263 e. The Morgan fingerprint density at radius 1 is 1.30 bits per heavy atom. The molecule has 2 rings (SSSR count). The van der Waals surface area contributed by atoms with Crippen molar-refractivity contribution in [3.8, 4) is 0 Å².